The Bertz CT molecular complexity index is 604. The van der Waals surface area contributed by atoms with Crippen molar-refractivity contribution in [2.75, 3.05) is 13.1 Å². The van der Waals surface area contributed by atoms with Crippen LogP contribution in [-0.4, -0.2) is 28.9 Å². The van der Waals surface area contributed by atoms with Gasteiger partial charge < -0.3 is 9.32 Å². The second kappa shape index (κ2) is 6.34. The minimum atomic E-state index is -0.114. The molecule has 2 rings (SSSR count). The van der Waals surface area contributed by atoms with Gasteiger partial charge in [0.1, 0.15) is 5.69 Å². The fourth-order valence-corrected chi connectivity index (χ4v) is 2.68. The number of hydrogen-bond acceptors (Lipinski definition) is 4. The van der Waals surface area contributed by atoms with Crippen molar-refractivity contribution >= 4 is 17.2 Å². The van der Waals surface area contributed by atoms with Crippen LogP contribution in [0.2, 0.25) is 0 Å². The molecule has 2 aromatic rings. The second-order valence-electron chi connectivity index (χ2n) is 4.19. The molecule has 0 radical (unpaired) electrons. The standard InChI is InChI=1S/C15H16N2O2S/c1-4-8-17(9-5-2)15(18)13-11(3)20-14(16-13)12-7-6-10-19-12/h4-7,10H,1-2,8-9H2,3H3. The SMILES string of the molecule is C=CCN(CC=C)C(=O)c1nc(-c2ccco2)sc1C. The van der Waals surface area contributed by atoms with E-state index < -0.39 is 0 Å². The van der Waals surface area contributed by atoms with Crippen LogP contribution >= 0.6 is 11.3 Å². The van der Waals surface area contributed by atoms with E-state index in [4.69, 9.17) is 4.42 Å². The fraction of sp³-hybridized carbons (Fsp3) is 0.200. The van der Waals surface area contributed by atoms with Gasteiger partial charge in [-0.3, -0.25) is 4.79 Å². The topological polar surface area (TPSA) is 46.3 Å². The third-order valence-electron chi connectivity index (χ3n) is 2.72. The Kier molecular flexibility index (Phi) is 4.53. The van der Waals surface area contributed by atoms with Crippen molar-refractivity contribution in [3.8, 4) is 10.8 Å². The van der Waals surface area contributed by atoms with E-state index in [0.29, 0.717) is 29.6 Å². The molecule has 0 aliphatic heterocycles. The van der Waals surface area contributed by atoms with Crippen molar-refractivity contribution < 1.29 is 9.21 Å². The average Bonchev–Trinajstić information content (AvgIpc) is 3.06. The molecule has 0 bridgehead atoms. The summed E-state index contributed by atoms with van der Waals surface area (Å²) in [6.07, 6.45) is 4.97. The van der Waals surface area contributed by atoms with Crippen LogP contribution in [0.15, 0.2) is 48.1 Å². The molecule has 4 nitrogen and oxygen atoms in total. The predicted octanol–water partition coefficient (Wildman–Crippen LogP) is 3.53. The summed E-state index contributed by atoms with van der Waals surface area (Å²) in [5, 5.41) is 0.716. The van der Waals surface area contributed by atoms with Crippen LogP contribution in [0.25, 0.3) is 10.8 Å². The molecule has 0 aromatic carbocycles. The van der Waals surface area contributed by atoms with E-state index in [1.165, 1.54) is 11.3 Å². The first-order chi connectivity index (χ1) is 9.67. The van der Waals surface area contributed by atoms with Gasteiger partial charge in [-0.05, 0) is 19.1 Å². The van der Waals surface area contributed by atoms with E-state index in [9.17, 15) is 4.79 Å². The van der Waals surface area contributed by atoms with Crippen LogP contribution in [0.3, 0.4) is 0 Å². The molecule has 0 atom stereocenters. The Morgan fingerprint density at radius 2 is 2.15 bits per heavy atom. The van der Waals surface area contributed by atoms with Gasteiger partial charge in [0, 0.05) is 18.0 Å². The number of aromatic nitrogens is 1. The molecule has 0 saturated carbocycles. The van der Waals surface area contributed by atoms with Gasteiger partial charge in [-0.1, -0.05) is 12.2 Å². The zero-order valence-electron chi connectivity index (χ0n) is 11.3. The van der Waals surface area contributed by atoms with Crippen LogP contribution < -0.4 is 0 Å². The van der Waals surface area contributed by atoms with Gasteiger partial charge in [-0.25, -0.2) is 4.98 Å². The smallest absolute Gasteiger partial charge is 0.274 e. The zero-order chi connectivity index (χ0) is 14.5. The average molecular weight is 288 g/mol. The maximum Gasteiger partial charge on any atom is 0.274 e. The number of hydrogen-bond donors (Lipinski definition) is 0. The minimum absolute atomic E-state index is 0.114. The van der Waals surface area contributed by atoms with Crippen LogP contribution in [0.4, 0.5) is 0 Å². The molecule has 0 aliphatic rings. The highest BCUT2D eigenvalue weighted by molar-refractivity contribution is 7.15. The molecule has 5 heteroatoms. The summed E-state index contributed by atoms with van der Waals surface area (Å²) in [6, 6.07) is 3.63. The number of furan rings is 1. The number of rotatable bonds is 6. The highest BCUT2D eigenvalue weighted by atomic mass is 32.1. The van der Waals surface area contributed by atoms with E-state index in [1.807, 2.05) is 13.0 Å². The molecule has 0 fully saturated rings. The summed E-state index contributed by atoms with van der Waals surface area (Å²) >= 11 is 1.45. The Morgan fingerprint density at radius 1 is 1.45 bits per heavy atom. The summed E-state index contributed by atoms with van der Waals surface area (Å²) in [5.41, 5.74) is 0.463. The largest absolute Gasteiger partial charge is 0.462 e. The molecule has 2 heterocycles. The van der Waals surface area contributed by atoms with Crippen molar-refractivity contribution in [3.05, 3.63) is 54.3 Å². The first-order valence-electron chi connectivity index (χ1n) is 6.19. The van der Waals surface area contributed by atoms with Crippen molar-refractivity contribution in [1.29, 1.82) is 0 Å². The normalized spacial score (nSPS) is 10.2. The van der Waals surface area contributed by atoms with Crippen LogP contribution in [0.5, 0.6) is 0 Å². The van der Waals surface area contributed by atoms with E-state index >= 15 is 0 Å². The molecule has 20 heavy (non-hydrogen) atoms. The third kappa shape index (κ3) is 2.88. The van der Waals surface area contributed by atoms with Gasteiger partial charge >= 0.3 is 0 Å². The molecule has 104 valence electrons. The van der Waals surface area contributed by atoms with Crippen molar-refractivity contribution in [3.63, 3.8) is 0 Å². The highest BCUT2D eigenvalue weighted by Crippen LogP contribution is 2.28. The van der Waals surface area contributed by atoms with Gasteiger partial charge in [0.25, 0.3) is 5.91 Å². The van der Waals surface area contributed by atoms with Crippen molar-refractivity contribution in [1.82, 2.24) is 9.88 Å². The number of thiazole rings is 1. The molecule has 0 saturated heterocycles. The number of amides is 1. The Labute approximate surface area is 122 Å². The van der Waals surface area contributed by atoms with Gasteiger partial charge in [-0.15, -0.1) is 24.5 Å². The van der Waals surface area contributed by atoms with Crippen LogP contribution in [0, 0.1) is 6.92 Å². The number of aryl methyl sites for hydroxylation is 1. The molecule has 2 aromatic heterocycles. The molecule has 0 unspecified atom stereocenters. The Hall–Kier alpha value is -2.14. The molecule has 0 spiro atoms. The van der Waals surface area contributed by atoms with Crippen LogP contribution in [-0.2, 0) is 0 Å². The minimum Gasteiger partial charge on any atom is -0.462 e. The lowest BCUT2D eigenvalue weighted by Crippen LogP contribution is -2.31. The summed E-state index contributed by atoms with van der Waals surface area (Å²) < 4.78 is 5.31. The fourth-order valence-electron chi connectivity index (χ4n) is 1.80. The van der Waals surface area contributed by atoms with Crippen molar-refractivity contribution in [2.45, 2.75) is 6.92 Å². The third-order valence-corrected chi connectivity index (χ3v) is 3.70. The van der Waals surface area contributed by atoms with Crippen molar-refractivity contribution in [2.24, 2.45) is 0 Å². The molecule has 0 aliphatic carbocycles. The maximum atomic E-state index is 12.5. The van der Waals surface area contributed by atoms with Gasteiger partial charge in [-0.2, -0.15) is 0 Å². The lowest BCUT2D eigenvalue weighted by molar-refractivity contribution is 0.0785. The van der Waals surface area contributed by atoms with E-state index in [2.05, 4.69) is 18.1 Å². The number of nitrogens with zero attached hydrogens (tertiary/aromatic N) is 2. The summed E-state index contributed by atoms with van der Waals surface area (Å²) in [7, 11) is 0. The predicted molar refractivity (Wildman–Crippen MR) is 80.9 cm³/mol. The summed E-state index contributed by atoms with van der Waals surface area (Å²) in [4.78, 5) is 19.4. The first-order valence-corrected chi connectivity index (χ1v) is 7.01. The van der Waals surface area contributed by atoms with Crippen LogP contribution in [0.1, 0.15) is 15.4 Å². The Balaban J connectivity index is 2.29. The first kappa shape index (κ1) is 14.3. The number of carbonyl (C=O) groups is 1. The second-order valence-corrected chi connectivity index (χ2v) is 5.39. The quantitative estimate of drug-likeness (QED) is 0.764. The number of carbonyl (C=O) groups excluding carboxylic acids is 1. The molecule has 1 amide bonds. The Morgan fingerprint density at radius 3 is 2.70 bits per heavy atom. The lowest BCUT2D eigenvalue weighted by Gasteiger charge is -2.18. The monoisotopic (exact) mass is 288 g/mol. The van der Waals surface area contributed by atoms with E-state index in [0.717, 1.165) is 4.88 Å². The lowest BCUT2D eigenvalue weighted by atomic mass is 10.3. The van der Waals surface area contributed by atoms with Gasteiger partial charge in [0.15, 0.2) is 10.8 Å². The zero-order valence-corrected chi connectivity index (χ0v) is 12.2. The van der Waals surface area contributed by atoms with Gasteiger partial charge in [0.05, 0.1) is 6.26 Å². The van der Waals surface area contributed by atoms with Gasteiger partial charge in [0.2, 0.25) is 0 Å². The molecular weight excluding hydrogens is 272 g/mol. The van der Waals surface area contributed by atoms with E-state index in [1.54, 1.807) is 29.4 Å². The molecule has 0 N–H and O–H groups in total. The summed E-state index contributed by atoms with van der Waals surface area (Å²) in [5.74, 6) is 0.562. The highest BCUT2D eigenvalue weighted by Gasteiger charge is 2.21. The summed E-state index contributed by atoms with van der Waals surface area (Å²) in [6.45, 7) is 10.2. The molecular formula is C15H16N2O2S. The van der Waals surface area contributed by atoms with E-state index in [-0.39, 0.29) is 5.91 Å². The maximum absolute atomic E-state index is 12.5.